The second kappa shape index (κ2) is 15.5. The summed E-state index contributed by atoms with van der Waals surface area (Å²) in [7, 11) is 5.10. The fourth-order valence-corrected chi connectivity index (χ4v) is 8.99. The predicted molar refractivity (Wildman–Crippen MR) is 203 cm³/mol. The van der Waals surface area contributed by atoms with Crippen LogP contribution in [0.4, 0.5) is 24.5 Å². The Morgan fingerprint density at radius 3 is 2.65 bits per heavy atom. The van der Waals surface area contributed by atoms with Crippen LogP contribution in [0.2, 0.25) is 0 Å². The molecule has 0 spiro atoms. The Hall–Kier alpha value is -5.43. The van der Waals surface area contributed by atoms with Gasteiger partial charge in [0.05, 0.1) is 42.6 Å². The maximum absolute atomic E-state index is 16.2. The number of carbonyl (C=O) groups is 2. The SMILES string of the molecule is COc1ccc2c(c1N1CCC(N(C)C[C@H]3CC[C@H](n4cc(NC(=O)c5cnn6cccnc56)c(C(F)F)n4)CC3)C(F)C1)n(C)c(=O)n2C1CCC(O)NC1=O. The van der Waals surface area contributed by atoms with Crippen molar-refractivity contribution in [3.05, 3.63) is 64.7 Å². The minimum Gasteiger partial charge on any atom is -0.494 e. The minimum atomic E-state index is -2.89. The average Bonchev–Trinajstić information content (AvgIpc) is 3.89. The first-order valence-electron chi connectivity index (χ1n) is 19.3. The Morgan fingerprint density at radius 2 is 1.93 bits per heavy atom. The van der Waals surface area contributed by atoms with E-state index in [9.17, 15) is 28.3 Å². The van der Waals surface area contributed by atoms with Crippen LogP contribution in [0.25, 0.3) is 16.7 Å². The van der Waals surface area contributed by atoms with Gasteiger partial charge in [-0.05, 0) is 76.1 Å². The molecule has 5 aromatic rings. The number of amides is 2. The van der Waals surface area contributed by atoms with Crippen molar-refractivity contribution in [3.8, 4) is 5.75 Å². The number of methoxy groups -OCH3 is 1. The first-order valence-corrected chi connectivity index (χ1v) is 19.3. The molecule has 304 valence electrons. The molecule has 4 unspecified atom stereocenters. The van der Waals surface area contributed by atoms with Gasteiger partial charge in [0.1, 0.15) is 35.4 Å². The van der Waals surface area contributed by atoms with Crippen LogP contribution in [-0.4, -0.2) is 108 Å². The number of aliphatic hydroxyl groups excluding tert-OH is 1. The molecule has 4 atom stereocenters. The van der Waals surface area contributed by atoms with Gasteiger partial charge in [0.2, 0.25) is 5.91 Å². The van der Waals surface area contributed by atoms with E-state index in [2.05, 4.69) is 30.7 Å². The fourth-order valence-electron chi connectivity index (χ4n) is 8.99. The van der Waals surface area contributed by atoms with Crippen molar-refractivity contribution in [2.75, 3.05) is 44.0 Å². The van der Waals surface area contributed by atoms with Gasteiger partial charge in [-0.3, -0.25) is 23.4 Å². The van der Waals surface area contributed by atoms with Gasteiger partial charge in [0, 0.05) is 44.8 Å². The Kier molecular flexibility index (Phi) is 10.4. The third-order valence-corrected chi connectivity index (χ3v) is 11.9. The number of imidazole rings is 1. The fraction of sp³-hybridized carbons (Fsp3) is 0.526. The molecule has 2 amide bonds. The van der Waals surface area contributed by atoms with E-state index < -0.39 is 42.4 Å². The Bertz CT molecular complexity index is 2350. The van der Waals surface area contributed by atoms with E-state index >= 15 is 4.39 Å². The number of aliphatic hydroxyl groups is 1. The zero-order valence-electron chi connectivity index (χ0n) is 31.9. The van der Waals surface area contributed by atoms with Gasteiger partial charge in [-0.25, -0.2) is 27.5 Å². The number of fused-ring (bicyclic) bond motifs is 2. The van der Waals surface area contributed by atoms with E-state index in [4.69, 9.17) is 4.74 Å². The maximum Gasteiger partial charge on any atom is 0.329 e. The van der Waals surface area contributed by atoms with E-state index in [1.165, 1.54) is 44.0 Å². The van der Waals surface area contributed by atoms with Crippen LogP contribution in [0.5, 0.6) is 5.75 Å². The highest BCUT2D eigenvalue weighted by Crippen LogP contribution is 2.40. The van der Waals surface area contributed by atoms with Gasteiger partial charge < -0.3 is 30.3 Å². The summed E-state index contributed by atoms with van der Waals surface area (Å²) in [5, 5.41) is 23.3. The highest BCUT2D eigenvalue weighted by Gasteiger charge is 2.38. The van der Waals surface area contributed by atoms with Crippen molar-refractivity contribution in [2.45, 2.75) is 81.9 Å². The van der Waals surface area contributed by atoms with Crippen molar-refractivity contribution in [3.63, 3.8) is 0 Å². The Balaban J connectivity index is 0.906. The second-order valence-electron chi connectivity index (χ2n) is 15.4. The van der Waals surface area contributed by atoms with Crippen molar-refractivity contribution in [2.24, 2.45) is 13.0 Å². The Labute approximate surface area is 325 Å². The van der Waals surface area contributed by atoms with Crippen LogP contribution >= 0.6 is 0 Å². The molecule has 3 N–H and O–H groups in total. The Morgan fingerprint density at radius 1 is 1.14 bits per heavy atom. The number of aryl methyl sites for hydroxylation is 1. The van der Waals surface area contributed by atoms with Crippen LogP contribution < -0.4 is 26.0 Å². The molecule has 1 saturated carbocycles. The third-order valence-electron chi connectivity index (χ3n) is 11.9. The summed E-state index contributed by atoms with van der Waals surface area (Å²) in [5.74, 6) is -0.281. The average molecular weight is 794 g/mol. The van der Waals surface area contributed by atoms with Crippen molar-refractivity contribution in [1.29, 1.82) is 0 Å². The molecular weight excluding hydrogens is 747 g/mol. The van der Waals surface area contributed by atoms with Crippen molar-refractivity contribution < 1.29 is 32.6 Å². The monoisotopic (exact) mass is 793 g/mol. The standard InChI is InChI=1S/C38H46F3N11O5/c1-47(18-21-5-7-22(8-6-21)51-20-25(31(46-51)34(40)41)44-36(54)23-17-43-50-15-4-14-42-35(23)50)26-13-16-49(19-24(26)39)33-29(57-3)11-9-27-32(33)48(2)38(56)52(27)28-10-12-30(53)45-37(28)55/h4,9,11,14-15,17,20-22,24,26,28,30,34,53H,5-8,10,12-13,16,18-19H2,1-3H3,(H,44,54)(H,45,55)/t21-,22-,24?,26?,28?,30?. The summed E-state index contributed by atoms with van der Waals surface area (Å²) in [6.07, 6.45) is 5.01. The van der Waals surface area contributed by atoms with Crippen LogP contribution in [0.1, 0.15) is 79.5 Å². The van der Waals surface area contributed by atoms with Crippen molar-refractivity contribution >= 4 is 39.9 Å². The quantitative estimate of drug-likeness (QED) is 0.189. The first-order chi connectivity index (χ1) is 27.4. The summed E-state index contributed by atoms with van der Waals surface area (Å²) in [6, 6.07) is 3.88. The molecule has 8 rings (SSSR count). The van der Waals surface area contributed by atoms with E-state index in [0.29, 0.717) is 73.3 Å². The number of anilines is 2. The smallest absolute Gasteiger partial charge is 0.329 e. The number of rotatable bonds is 10. The molecule has 1 aliphatic carbocycles. The molecular formula is C38H46F3N11O5. The van der Waals surface area contributed by atoms with Crippen molar-refractivity contribution in [1.82, 2.24) is 43.7 Å². The summed E-state index contributed by atoms with van der Waals surface area (Å²) in [5.41, 5.74) is 1.19. The highest BCUT2D eigenvalue weighted by atomic mass is 19.3. The van der Waals surface area contributed by atoms with Gasteiger partial charge in [0.15, 0.2) is 11.3 Å². The summed E-state index contributed by atoms with van der Waals surface area (Å²) in [4.78, 5) is 47.7. The number of nitrogens with one attached hydrogen (secondary N) is 2. The molecule has 3 fully saturated rings. The van der Waals surface area contributed by atoms with Gasteiger partial charge >= 0.3 is 5.69 Å². The number of hydrogen-bond acceptors (Lipinski definition) is 10. The third kappa shape index (κ3) is 7.11. The number of carbonyl (C=O) groups excluding carboxylic acids is 2. The van der Waals surface area contributed by atoms with Gasteiger partial charge in [-0.2, -0.15) is 10.2 Å². The van der Waals surface area contributed by atoms with E-state index in [1.54, 1.807) is 31.4 Å². The van der Waals surface area contributed by atoms with Crippen LogP contribution in [-0.2, 0) is 11.8 Å². The normalized spacial score (nSPS) is 24.4. The molecule has 0 radical (unpaired) electrons. The second-order valence-corrected chi connectivity index (χ2v) is 15.4. The summed E-state index contributed by atoms with van der Waals surface area (Å²) in [6.45, 7) is 1.25. The molecule has 2 aliphatic heterocycles. The maximum atomic E-state index is 16.2. The number of aromatic nitrogens is 7. The van der Waals surface area contributed by atoms with Crippen LogP contribution in [0, 0.1) is 5.92 Å². The zero-order chi connectivity index (χ0) is 40.1. The lowest BCUT2D eigenvalue weighted by atomic mass is 9.85. The number of halogens is 3. The predicted octanol–water partition coefficient (Wildman–Crippen LogP) is 3.83. The van der Waals surface area contributed by atoms with Gasteiger partial charge in [0.25, 0.3) is 12.3 Å². The number of hydrogen-bond donors (Lipinski definition) is 3. The molecule has 16 nitrogen and oxygen atoms in total. The lowest BCUT2D eigenvalue weighted by Crippen LogP contribution is -2.52. The molecule has 3 aliphatic rings. The largest absolute Gasteiger partial charge is 0.494 e. The van der Waals surface area contributed by atoms with E-state index in [1.807, 2.05) is 11.9 Å². The van der Waals surface area contributed by atoms with E-state index in [-0.39, 0.29) is 41.5 Å². The number of benzene rings is 1. The zero-order valence-corrected chi connectivity index (χ0v) is 31.9. The number of alkyl halides is 3. The molecule has 2 saturated heterocycles. The first kappa shape index (κ1) is 38.4. The van der Waals surface area contributed by atoms with Crippen LogP contribution in [0.3, 0.4) is 0 Å². The summed E-state index contributed by atoms with van der Waals surface area (Å²) < 4.78 is 56.0. The number of piperidine rings is 2. The van der Waals surface area contributed by atoms with Gasteiger partial charge in [-0.1, -0.05) is 0 Å². The lowest BCUT2D eigenvalue weighted by Gasteiger charge is -2.42. The highest BCUT2D eigenvalue weighted by molar-refractivity contribution is 6.08. The van der Waals surface area contributed by atoms with E-state index in [0.717, 1.165) is 12.8 Å². The molecule has 19 heteroatoms. The van der Waals surface area contributed by atoms with Gasteiger partial charge in [-0.15, -0.1) is 0 Å². The molecule has 1 aromatic carbocycles. The van der Waals surface area contributed by atoms with Crippen LogP contribution in [0.15, 0.2) is 47.8 Å². The number of ether oxygens (including phenoxy) is 1. The number of nitrogens with zero attached hydrogens (tertiary/aromatic N) is 9. The molecule has 57 heavy (non-hydrogen) atoms. The summed E-state index contributed by atoms with van der Waals surface area (Å²) >= 11 is 0. The molecule has 0 bridgehead atoms. The molecule has 4 aromatic heterocycles. The topological polar surface area (TPSA) is 169 Å². The molecule has 6 heterocycles. The minimum absolute atomic E-state index is 0.0570. The lowest BCUT2D eigenvalue weighted by molar-refractivity contribution is -0.130.